The fraction of sp³-hybridized carbons (Fsp3) is 0.250. The van der Waals surface area contributed by atoms with Gasteiger partial charge in [-0.1, -0.05) is 48.2 Å². The van der Waals surface area contributed by atoms with Gasteiger partial charge in [0.15, 0.2) is 34.7 Å². The topological polar surface area (TPSA) is 98.5 Å². The summed E-state index contributed by atoms with van der Waals surface area (Å²) in [5.41, 5.74) is 0.623. The Hall–Kier alpha value is -3.85. The summed E-state index contributed by atoms with van der Waals surface area (Å²) in [4.78, 5) is 12.4. The number of carbonyl (C=O) groups is 1. The van der Waals surface area contributed by atoms with Gasteiger partial charge in [-0.25, -0.2) is 22.0 Å². The first kappa shape index (κ1) is 29.6. The molecule has 2 heterocycles. The van der Waals surface area contributed by atoms with Crippen LogP contribution in [-0.4, -0.2) is 37.6 Å². The summed E-state index contributed by atoms with van der Waals surface area (Å²) in [5.74, 6) is -12.2. The number of rotatable bonds is 8. The number of anilines is 1. The van der Waals surface area contributed by atoms with E-state index in [2.05, 4.69) is 15.5 Å². The zero-order valence-electron chi connectivity index (χ0n) is 21.9. The fourth-order valence-electron chi connectivity index (χ4n) is 4.31. The molecule has 0 saturated carbocycles. The Bertz CT molecular complexity index is 1560. The van der Waals surface area contributed by atoms with Crippen LogP contribution >= 0.6 is 11.8 Å². The molecule has 1 amide bonds. The summed E-state index contributed by atoms with van der Waals surface area (Å²) in [6.07, 6.45) is 0.631. The van der Waals surface area contributed by atoms with E-state index in [1.165, 1.54) is 23.9 Å². The lowest BCUT2D eigenvalue weighted by Gasteiger charge is -2.36. The Kier molecular flexibility index (Phi) is 8.87. The van der Waals surface area contributed by atoms with E-state index < -0.39 is 46.8 Å². The molecule has 1 saturated heterocycles. The third-order valence-corrected chi connectivity index (χ3v) is 7.73. The van der Waals surface area contributed by atoms with Crippen LogP contribution in [0.15, 0.2) is 60.0 Å². The molecule has 8 nitrogen and oxygen atoms in total. The molecule has 2 N–H and O–H groups in total. The fourth-order valence-corrected chi connectivity index (χ4v) is 5.22. The van der Waals surface area contributed by atoms with Gasteiger partial charge in [0.1, 0.15) is 11.9 Å². The largest absolute Gasteiger partial charge is 0.392 e. The summed E-state index contributed by atoms with van der Waals surface area (Å²) in [6, 6.07) is 13.2. The van der Waals surface area contributed by atoms with Crippen molar-refractivity contribution in [3.63, 3.8) is 0 Å². The van der Waals surface area contributed by atoms with Crippen LogP contribution in [0.2, 0.25) is 0 Å². The lowest BCUT2D eigenvalue weighted by atomic mass is 10.0. The van der Waals surface area contributed by atoms with Crippen molar-refractivity contribution in [2.45, 2.75) is 36.7 Å². The van der Waals surface area contributed by atoms with E-state index in [0.717, 1.165) is 11.1 Å². The maximum atomic E-state index is 14.1. The molecular formula is C28H23F5N4O4S. The number of benzene rings is 3. The highest BCUT2D eigenvalue weighted by Gasteiger charge is 2.33. The third-order valence-electron chi connectivity index (χ3n) is 6.56. The van der Waals surface area contributed by atoms with E-state index in [9.17, 15) is 31.9 Å². The number of thioether (sulfide) groups is 1. The van der Waals surface area contributed by atoms with Crippen molar-refractivity contribution in [1.29, 1.82) is 0 Å². The lowest BCUT2D eigenvalue weighted by molar-refractivity contribution is -0.245. The Morgan fingerprint density at radius 3 is 2.17 bits per heavy atom. The van der Waals surface area contributed by atoms with Crippen molar-refractivity contribution < 1.29 is 41.3 Å². The van der Waals surface area contributed by atoms with Gasteiger partial charge in [-0.3, -0.25) is 4.79 Å². The zero-order chi connectivity index (χ0) is 30.0. The number of aliphatic hydroxyl groups excluding tert-OH is 1. The normalized spacial score (nSPS) is 18.7. The predicted molar refractivity (Wildman–Crippen MR) is 141 cm³/mol. The van der Waals surface area contributed by atoms with E-state index >= 15 is 0 Å². The Morgan fingerprint density at radius 2 is 1.57 bits per heavy atom. The summed E-state index contributed by atoms with van der Waals surface area (Å²) in [6.45, 7) is -0.0955. The second-order valence-corrected chi connectivity index (χ2v) is 10.4. The van der Waals surface area contributed by atoms with E-state index in [1.54, 1.807) is 35.2 Å². The molecule has 220 valence electrons. The molecule has 4 aromatic rings. The standard InChI is InChI=1S/C28H23F5N4O4S/c1-37-13-34-36-28(37)42-12-18-10-19(15-4-2-14(11-38)3-5-15)41-27(40-18)16-6-8-17(9-7-16)35-26(39)20-21(29)23(31)25(33)24(32)22(20)30/h2-9,13,18-19,27,38H,10-12H2,1H3,(H,35,39)/t18-,19+,27+/m1/s1. The average molecular weight is 607 g/mol. The molecule has 1 aromatic heterocycles. The van der Waals surface area contributed by atoms with Crippen LogP contribution in [0.5, 0.6) is 0 Å². The number of ether oxygens (including phenoxy) is 2. The number of halogens is 5. The van der Waals surface area contributed by atoms with E-state index in [0.29, 0.717) is 22.9 Å². The number of aromatic nitrogens is 3. The molecule has 1 aliphatic heterocycles. The first-order valence-corrected chi connectivity index (χ1v) is 13.5. The van der Waals surface area contributed by atoms with Gasteiger partial charge < -0.3 is 24.5 Å². The Morgan fingerprint density at radius 1 is 0.952 bits per heavy atom. The number of hydrogen-bond donors (Lipinski definition) is 2. The molecule has 3 aromatic carbocycles. The number of amides is 1. The smallest absolute Gasteiger partial charge is 0.261 e. The van der Waals surface area contributed by atoms with E-state index in [4.69, 9.17) is 9.47 Å². The number of aliphatic hydroxyl groups is 1. The van der Waals surface area contributed by atoms with Gasteiger partial charge in [0.25, 0.3) is 5.91 Å². The average Bonchev–Trinajstić information content (AvgIpc) is 3.42. The van der Waals surface area contributed by atoms with Crippen molar-refractivity contribution in [1.82, 2.24) is 14.8 Å². The zero-order valence-corrected chi connectivity index (χ0v) is 22.7. The molecule has 0 radical (unpaired) electrons. The number of hydrogen-bond acceptors (Lipinski definition) is 7. The minimum absolute atomic E-state index is 0.0361. The molecule has 3 atom stereocenters. The molecule has 1 fully saturated rings. The highest BCUT2D eigenvalue weighted by molar-refractivity contribution is 7.99. The maximum Gasteiger partial charge on any atom is 0.261 e. The summed E-state index contributed by atoms with van der Waals surface area (Å²) >= 11 is 1.46. The van der Waals surface area contributed by atoms with Crippen molar-refractivity contribution in [3.05, 3.63) is 106 Å². The van der Waals surface area contributed by atoms with Crippen molar-refractivity contribution in [3.8, 4) is 0 Å². The molecule has 0 bridgehead atoms. The van der Waals surface area contributed by atoms with Crippen LogP contribution in [-0.2, 0) is 23.1 Å². The van der Waals surface area contributed by atoms with Crippen LogP contribution in [0.3, 0.4) is 0 Å². The molecular weight excluding hydrogens is 583 g/mol. The first-order valence-electron chi connectivity index (χ1n) is 12.6. The summed E-state index contributed by atoms with van der Waals surface area (Å²) in [7, 11) is 1.83. The number of carbonyl (C=O) groups excluding carboxylic acids is 1. The molecule has 42 heavy (non-hydrogen) atoms. The number of nitrogens with zero attached hydrogens (tertiary/aromatic N) is 3. The van der Waals surface area contributed by atoms with Gasteiger partial charge in [0.2, 0.25) is 5.82 Å². The predicted octanol–water partition coefficient (Wildman–Crippen LogP) is 5.59. The van der Waals surface area contributed by atoms with Gasteiger partial charge in [-0.2, -0.15) is 0 Å². The molecule has 0 unspecified atom stereocenters. The number of aryl methyl sites for hydroxylation is 1. The maximum absolute atomic E-state index is 14.1. The van der Waals surface area contributed by atoms with Gasteiger partial charge in [0.05, 0.1) is 18.8 Å². The highest BCUT2D eigenvalue weighted by Crippen LogP contribution is 2.39. The molecule has 5 rings (SSSR count). The van der Waals surface area contributed by atoms with Crippen molar-refractivity contribution in [2.24, 2.45) is 7.05 Å². The van der Waals surface area contributed by atoms with E-state index in [-0.39, 0.29) is 24.5 Å². The monoisotopic (exact) mass is 606 g/mol. The van der Waals surface area contributed by atoms with Crippen LogP contribution in [0.1, 0.15) is 45.9 Å². The van der Waals surface area contributed by atoms with Crippen LogP contribution in [0.4, 0.5) is 27.6 Å². The third kappa shape index (κ3) is 6.16. The minimum Gasteiger partial charge on any atom is -0.392 e. The minimum atomic E-state index is -2.35. The van der Waals surface area contributed by atoms with Crippen molar-refractivity contribution in [2.75, 3.05) is 11.1 Å². The van der Waals surface area contributed by atoms with Gasteiger partial charge in [-0.05, 0) is 23.3 Å². The molecule has 1 aliphatic rings. The van der Waals surface area contributed by atoms with Crippen LogP contribution < -0.4 is 5.32 Å². The quantitative estimate of drug-likeness (QED) is 0.117. The molecule has 0 spiro atoms. The van der Waals surface area contributed by atoms with Gasteiger partial charge in [-0.15, -0.1) is 10.2 Å². The van der Waals surface area contributed by atoms with Gasteiger partial charge in [0, 0.05) is 30.5 Å². The van der Waals surface area contributed by atoms with Crippen molar-refractivity contribution >= 4 is 23.4 Å². The lowest BCUT2D eigenvalue weighted by Crippen LogP contribution is -2.31. The molecule has 14 heteroatoms. The number of nitrogens with one attached hydrogen (secondary N) is 1. The summed E-state index contributed by atoms with van der Waals surface area (Å²) < 4.78 is 82.8. The van der Waals surface area contributed by atoms with E-state index in [1.807, 2.05) is 19.2 Å². The highest BCUT2D eigenvalue weighted by atomic mass is 32.2. The SMILES string of the molecule is Cn1cnnc1SC[C@H]1C[C@@H](c2ccc(CO)cc2)O[C@@H](c2ccc(NC(=O)c3c(F)c(F)c(F)c(F)c3F)cc2)O1. The first-order chi connectivity index (χ1) is 20.2. The van der Waals surface area contributed by atoms with Gasteiger partial charge >= 0.3 is 0 Å². The second kappa shape index (κ2) is 12.6. The molecule has 0 aliphatic carbocycles. The Balaban J connectivity index is 1.34. The Labute approximate surface area is 240 Å². The van der Waals surface area contributed by atoms with Crippen LogP contribution in [0, 0.1) is 29.1 Å². The summed E-state index contributed by atoms with van der Waals surface area (Å²) in [5, 5.41) is 20.2. The van der Waals surface area contributed by atoms with Crippen LogP contribution in [0.25, 0.3) is 0 Å². The second-order valence-electron chi connectivity index (χ2n) is 9.41.